The highest BCUT2D eigenvalue weighted by Gasteiger charge is 2.32. The fourth-order valence-corrected chi connectivity index (χ4v) is 1.74. The van der Waals surface area contributed by atoms with Crippen LogP contribution in [0.25, 0.3) is 10.9 Å². The summed E-state index contributed by atoms with van der Waals surface area (Å²) in [6.45, 7) is 2.26. The Labute approximate surface area is 82.5 Å². The van der Waals surface area contributed by atoms with E-state index in [-0.39, 0.29) is 0 Å². The van der Waals surface area contributed by atoms with Crippen LogP contribution in [0.15, 0.2) is 24.5 Å². The van der Waals surface area contributed by atoms with E-state index in [9.17, 15) is 0 Å². The molecule has 3 rings (SSSR count). The molecule has 2 aromatic rings. The summed E-state index contributed by atoms with van der Waals surface area (Å²) in [5, 5.41) is 4.64. The number of rotatable bonds is 2. The Bertz CT molecular complexity index is 460. The monoisotopic (exact) mass is 187 g/mol. The second kappa shape index (κ2) is 2.74. The molecule has 0 saturated heterocycles. The van der Waals surface area contributed by atoms with Crippen molar-refractivity contribution in [3.8, 4) is 0 Å². The van der Waals surface area contributed by atoms with Crippen LogP contribution in [0, 0.1) is 5.92 Å². The van der Waals surface area contributed by atoms with Gasteiger partial charge in [-0.3, -0.25) is 0 Å². The normalized spacial score (nSPS) is 25.2. The number of aromatic amines is 1. The molecule has 2 heterocycles. The van der Waals surface area contributed by atoms with Crippen molar-refractivity contribution in [1.29, 1.82) is 0 Å². The van der Waals surface area contributed by atoms with Gasteiger partial charge in [-0.25, -0.2) is 4.98 Å². The molecule has 0 radical (unpaired) electrons. The lowest BCUT2D eigenvalue weighted by molar-refractivity contribution is 0.924. The summed E-state index contributed by atoms with van der Waals surface area (Å²) in [7, 11) is 0. The van der Waals surface area contributed by atoms with Crippen molar-refractivity contribution in [3.63, 3.8) is 0 Å². The van der Waals surface area contributed by atoms with Gasteiger partial charge in [0.1, 0.15) is 5.82 Å². The van der Waals surface area contributed by atoms with Crippen LogP contribution in [0.2, 0.25) is 0 Å². The molecule has 1 aliphatic rings. The molecule has 3 nitrogen and oxygen atoms in total. The molecule has 0 spiro atoms. The average Bonchev–Trinajstić information content (AvgIpc) is 2.70. The molecule has 2 aromatic heterocycles. The minimum absolute atomic E-state index is 0.638. The van der Waals surface area contributed by atoms with E-state index in [2.05, 4.69) is 34.3 Å². The lowest BCUT2D eigenvalue weighted by Gasteiger charge is -2.03. The zero-order chi connectivity index (χ0) is 9.54. The quantitative estimate of drug-likeness (QED) is 0.757. The molecule has 1 aliphatic carbocycles. The van der Waals surface area contributed by atoms with Crippen molar-refractivity contribution in [1.82, 2.24) is 9.97 Å². The van der Waals surface area contributed by atoms with Crippen LogP contribution >= 0.6 is 0 Å². The molecule has 0 amide bonds. The standard InChI is InChI=1S/C11H13N3/c1-7-4-9(7)14-11-5-8-2-3-12-10(8)6-13-11/h2-3,5-7,9,12H,4H2,1H3,(H,13,14)/t7-,9-/m1/s1. The molecule has 3 heteroatoms. The summed E-state index contributed by atoms with van der Waals surface area (Å²) in [6.07, 6.45) is 5.09. The van der Waals surface area contributed by atoms with Crippen LogP contribution in [0.3, 0.4) is 0 Å². The highest BCUT2D eigenvalue weighted by molar-refractivity contribution is 5.80. The molecule has 0 unspecified atom stereocenters. The van der Waals surface area contributed by atoms with Gasteiger partial charge < -0.3 is 10.3 Å². The van der Waals surface area contributed by atoms with Gasteiger partial charge in [0.15, 0.2) is 0 Å². The van der Waals surface area contributed by atoms with Crippen LogP contribution in [0.4, 0.5) is 5.82 Å². The SMILES string of the molecule is C[C@@H]1C[C@H]1Nc1cc2cc[nH]c2cn1. The van der Waals surface area contributed by atoms with Crippen LogP contribution in [-0.2, 0) is 0 Å². The molecule has 1 fully saturated rings. The summed E-state index contributed by atoms with van der Waals surface area (Å²) in [5.41, 5.74) is 1.10. The van der Waals surface area contributed by atoms with E-state index in [0.717, 1.165) is 17.3 Å². The third kappa shape index (κ3) is 1.25. The Hall–Kier alpha value is -1.51. The highest BCUT2D eigenvalue weighted by atomic mass is 15.0. The Morgan fingerprint density at radius 2 is 2.43 bits per heavy atom. The van der Waals surface area contributed by atoms with E-state index in [1.807, 2.05) is 12.4 Å². The highest BCUT2D eigenvalue weighted by Crippen LogP contribution is 2.32. The minimum atomic E-state index is 0.638. The number of nitrogens with zero attached hydrogens (tertiary/aromatic N) is 1. The lowest BCUT2D eigenvalue weighted by Crippen LogP contribution is -2.04. The summed E-state index contributed by atoms with van der Waals surface area (Å²) in [5.74, 6) is 1.80. The zero-order valence-electron chi connectivity index (χ0n) is 8.12. The maximum atomic E-state index is 4.35. The van der Waals surface area contributed by atoms with Gasteiger partial charge in [-0.2, -0.15) is 0 Å². The molecule has 1 saturated carbocycles. The van der Waals surface area contributed by atoms with Gasteiger partial charge in [0.05, 0.1) is 11.7 Å². The van der Waals surface area contributed by atoms with E-state index in [1.54, 1.807) is 0 Å². The fraction of sp³-hybridized carbons (Fsp3) is 0.364. The summed E-state index contributed by atoms with van der Waals surface area (Å²) >= 11 is 0. The maximum absolute atomic E-state index is 4.35. The number of aromatic nitrogens is 2. The van der Waals surface area contributed by atoms with Gasteiger partial charge in [-0.05, 0) is 24.5 Å². The molecular formula is C11H13N3. The maximum Gasteiger partial charge on any atom is 0.126 e. The van der Waals surface area contributed by atoms with Crippen LogP contribution < -0.4 is 5.32 Å². The van der Waals surface area contributed by atoms with Crippen molar-refractivity contribution < 1.29 is 0 Å². The van der Waals surface area contributed by atoms with Crippen molar-refractivity contribution in [3.05, 3.63) is 24.5 Å². The molecule has 72 valence electrons. The first-order valence-electron chi connectivity index (χ1n) is 5.02. The fourth-order valence-electron chi connectivity index (χ4n) is 1.74. The van der Waals surface area contributed by atoms with E-state index < -0.39 is 0 Å². The van der Waals surface area contributed by atoms with Crippen LogP contribution in [-0.4, -0.2) is 16.0 Å². The number of hydrogen-bond acceptors (Lipinski definition) is 2. The van der Waals surface area contributed by atoms with Crippen LogP contribution in [0.5, 0.6) is 0 Å². The predicted octanol–water partition coefficient (Wildman–Crippen LogP) is 2.38. The number of hydrogen-bond donors (Lipinski definition) is 2. The number of H-pyrrole nitrogens is 1. The largest absolute Gasteiger partial charge is 0.367 e. The molecule has 0 aliphatic heterocycles. The molecule has 0 aromatic carbocycles. The Morgan fingerprint density at radius 3 is 3.21 bits per heavy atom. The van der Waals surface area contributed by atoms with Gasteiger partial charge in [-0.1, -0.05) is 6.92 Å². The predicted molar refractivity (Wildman–Crippen MR) is 57.3 cm³/mol. The van der Waals surface area contributed by atoms with Crippen molar-refractivity contribution in [2.75, 3.05) is 5.32 Å². The molecule has 2 atom stereocenters. The Kier molecular flexibility index (Phi) is 1.54. The average molecular weight is 187 g/mol. The second-order valence-electron chi connectivity index (χ2n) is 4.10. The molecule has 2 N–H and O–H groups in total. The first-order valence-corrected chi connectivity index (χ1v) is 5.02. The lowest BCUT2D eigenvalue weighted by atomic mass is 10.3. The second-order valence-corrected chi connectivity index (χ2v) is 4.10. The molecule has 14 heavy (non-hydrogen) atoms. The Morgan fingerprint density at radius 1 is 1.57 bits per heavy atom. The van der Waals surface area contributed by atoms with Crippen LogP contribution in [0.1, 0.15) is 13.3 Å². The third-order valence-electron chi connectivity index (χ3n) is 2.88. The number of nitrogens with one attached hydrogen (secondary N) is 2. The van der Waals surface area contributed by atoms with E-state index in [0.29, 0.717) is 6.04 Å². The smallest absolute Gasteiger partial charge is 0.126 e. The molecule has 0 bridgehead atoms. The van der Waals surface area contributed by atoms with Gasteiger partial charge in [0.2, 0.25) is 0 Å². The van der Waals surface area contributed by atoms with E-state index in [4.69, 9.17) is 0 Å². The minimum Gasteiger partial charge on any atom is -0.367 e. The summed E-state index contributed by atoms with van der Waals surface area (Å²) in [6, 6.07) is 4.80. The van der Waals surface area contributed by atoms with Gasteiger partial charge >= 0.3 is 0 Å². The summed E-state index contributed by atoms with van der Waals surface area (Å²) in [4.78, 5) is 7.49. The van der Waals surface area contributed by atoms with Gasteiger partial charge in [0.25, 0.3) is 0 Å². The molecular weight excluding hydrogens is 174 g/mol. The van der Waals surface area contributed by atoms with Crippen molar-refractivity contribution in [2.24, 2.45) is 5.92 Å². The Balaban J connectivity index is 1.89. The van der Waals surface area contributed by atoms with Crippen molar-refractivity contribution in [2.45, 2.75) is 19.4 Å². The first-order chi connectivity index (χ1) is 6.83. The van der Waals surface area contributed by atoms with E-state index in [1.165, 1.54) is 11.8 Å². The number of anilines is 1. The van der Waals surface area contributed by atoms with Gasteiger partial charge in [-0.15, -0.1) is 0 Å². The number of fused-ring (bicyclic) bond motifs is 1. The zero-order valence-corrected chi connectivity index (χ0v) is 8.12. The third-order valence-corrected chi connectivity index (χ3v) is 2.88. The van der Waals surface area contributed by atoms with E-state index >= 15 is 0 Å². The number of pyridine rings is 1. The topological polar surface area (TPSA) is 40.7 Å². The summed E-state index contributed by atoms with van der Waals surface area (Å²) < 4.78 is 0. The van der Waals surface area contributed by atoms with Gasteiger partial charge in [0, 0.05) is 17.6 Å². The van der Waals surface area contributed by atoms with Crippen molar-refractivity contribution >= 4 is 16.7 Å². The first kappa shape index (κ1) is 7.85.